The molecule has 0 N–H and O–H groups in total. The van der Waals surface area contributed by atoms with Gasteiger partial charge in [-0.25, -0.2) is 9.36 Å². The fourth-order valence-electron chi connectivity index (χ4n) is 1.59. The molecular formula is C11H9N3S2. The third-order valence-corrected chi connectivity index (χ3v) is 3.66. The van der Waals surface area contributed by atoms with Crippen molar-refractivity contribution in [3.63, 3.8) is 0 Å². The lowest BCUT2D eigenvalue weighted by Crippen LogP contribution is -1.99. The van der Waals surface area contributed by atoms with Crippen LogP contribution in [0.4, 0.5) is 0 Å². The molecule has 0 aliphatic heterocycles. The summed E-state index contributed by atoms with van der Waals surface area (Å²) in [6.07, 6.45) is 5.70. The van der Waals surface area contributed by atoms with Crippen molar-refractivity contribution in [1.82, 2.24) is 13.9 Å². The van der Waals surface area contributed by atoms with E-state index in [4.69, 9.17) is 0 Å². The molecule has 0 aliphatic carbocycles. The Labute approximate surface area is 101 Å². The molecule has 0 fully saturated rings. The summed E-state index contributed by atoms with van der Waals surface area (Å²) in [5.74, 6) is 0.986. The lowest BCUT2D eigenvalue weighted by Gasteiger charge is -2.04. The average Bonchev–Trinajstić information content (AvgIpc) is 2.98. The van der Waals surface area contributed by atoms with Crippen molar-refractivity contribution in [3.05, 3.63) is 46.4 Å². The molecule has 0 spiro atoms. The van der Waals surface area contributed by atoms with Crippen molar-refractivity contribution in [2.75, 3.05) is 0 Å². The van der Waals surface area contributed by atoms with Crippen LogP contribution in [0.2, 0.25) is 0 Å². The predicted octanol–water partition coefficient (Wildman–Crippen LogP) is 3.12. The van der Waals surface area contributed by atoms with E-state index in [0.29, 0.717) is 0 Å². The zero-order chi connectivity index (χ0) is 10.8. The summed E-state index contributed by atoms with van der Waals surface area (Å²) in [6.45, 7) is 0.870. The fourth-order valence-corrected chi connectivity index (χ4v) is 2.77. The Kier molecular flexibility index (Phi) is 2.55. The Hall–Kier alpha value is -1.46. The molecule has 0 radical (unpaired) electrons. The predicted molar refractivity (Wildman–Crippen MR) is 66.8 cm³/mol. The lowest BCUT2D eigenvalue weighted by atomic mass is 10.3. The van der Waals surface area contributed by atoms with Crippen LogP contribution in [0.25, 0.3) is 11.4 Å². The Morgan fingerprint density at radius 3 is 3.06 bits per heavy atom. The zero-order valence-electron chi connectivity index (χ0n) is 8.41. The van der Waals surface area contributed by atoms with Crippen molar-refractivity contribution in [1.29, 1.82) is 0 Å². The normalized spacial score (nSPS) is 10.8. The maximum Gasteiger partial charge on any atom is 0.142 e. The van der Waals surface area contributed by atoms with Gasteiger partial charge in [-0.2, -0.15) is 11.3 Å². The molecule has 3 rings (SSSR count). The van der Waals surface area contributed by atoms with Crippen LogP contribution in [0.15, 0.2) is 40.8 Å². The van der Waals surface area contributed by atoms with E-state index < -0.39 is 0 Å². The van der Waals surface area contributed by atoms with Crippen LogP contribution in [0.5, 0.6) is 0 Å². The van der Waals surface area contributed by atoms with E-state index in [-0.39, 0.29) is 0 Å². The molecule has 0 aliphatic rings. The van der Waals surface area contributed by atoms with Gasteiger partial charge in [-0.1, -0.05) is 0 Å². The first-order valence-corrected chi connectivity index (χ1v) is 6.63. The maximum atomic E-state index is 4.37. The number of aromatic nitrogens is 3. The van der Waals surface area contributed by atoms with Gasteiger partial charge >= 0.3 is 0 Å². The molecule has 0 amide bonds. The number of hydrogen-bond acceptors (Lipinski definition) is 4. The van der Waals surface area contributed by atoms with Crippen LogP contribution in [-0.2, 0) is 6.54 Å². The molecule has 0 aromatic carbocycles. The molecule has 5 heteroatoms. The van der Waals surface area contributed by atoms with Gasteiger partial charge in [0.2, 0.25) is 0 Å². The molecule has 3 heterocycles. The lowest BCUT2D eigenvalue weighted by molar-refractivity contribution is 0.810. The summed E-state index contributed by atoms with van der Waals surface area (Å²) in [7, 11) is 0. The highest BCUT2D eigenvalue weighted by molar-refractivity contribution is 7.08. The van der Waals surface area contributed by atoms with Gasteiger partial charge in [-0.3, -0.25) is 0 Å². The molecule has 0 saturated carbocycles. The first-order valence-electron chi connectivity index (χ1n) is 4.85. The van der Waals surface area contributed by atoms with E-state index in [1.807, 2.05) is 24.0 Å². The quantitative estimate of drug-likeness (QED) is 0.712. The Balaban J connectivity index is 1.94. The van der Waals surface area contributed by atoms with Gasteiger partial charge in [-0.05, 0) is 33.9 Å². The SMILES string of the molecule is c1cn(Cc2ccsc2)c(-c2cnsc2)n1. The molecule has 3 aromatic rings. The second-order valence-electron chi connectivity index (χ2n) is 3.42. The van der Waals surface area contributed by atoms with Crippen LogP contribution in [-0.4, -0.2) is 13.9 Å². The molecule has 80 valence electrons. The monoisotopic (exact) mass is 247 g/mol. The fraction of sp³-hybridized carbons (Fsp3) is 0.0909. The third-order valence-electron chi connectivity index (χ3n) is 2.34. The van der Waals surface area contributed by atoms with Crippen LogP contribution in [0.1, 0.15) is 5.56 Å². The highest BCUT2D eigenvalue weighted by Gasteiger charge is 2.07. The standard InChI is InChI=1S/C11H9N3S2/c1-4-15-7-9(1)6-14-3-2-12-11(14)10-5-13-16-8-10/h1-5,7-8H,6H2. The summed E-state index contributed by atoms with van der Waals surface area (Å²) in [5.41, 5.74) is 2.40. The molecule has 0 saturated heterocycles. The topological polar surface area (TPSA) is 30.7 Å². The smallest absolute Gasteiger partial charge is 0.142 e. The van der Waals surface area contributed by atoms with Gasteiger partial charge in [-0.15, -0.1) is 0 Å². The average molecular weight is 247 g/mol. The minimum Gasteiger partial charge on any atom is -0.326 e. The Morgan fingerprint density at radius 2 is 2.31 bits per heavy atom. The van der Waals surface area contributed by atoms with Gasteiger partial charge in [0.15, 0.2) is 0 Å². The molecule has 0 unspecified atom stereocenters. The summed E-state index contributed by atoms with van der Waals surface area (Å²) >= 11 is 3.17. The summed E-state index contributed by atoms with van der Waals surface area (Å²) in [4.78, 5) is 4.37. The number of nitrogens with zero attached hydrogens (tertiary/aromatic N) is 3. The zero-order valence-corrected chi connectivity index (χ0v) is 10.0. The first kappa shape index (κ1) is 9.74. The van der Waals surface area contributed by atoms with Crippen LogP contribution in [0.3, 0.4) is 0 Å². The van der Waals surface area contributed by atoms with Crippen molar-refractivity contribution >= 4 is 22.9 Å². The molecule has 0 bridgehead atoms. The molecule has 0 atom stereocenters. The largest absolute Gasteiger partial charge is 0.326 e. The number of hydrogen-bond donors (Lipinski definition) is 0. The van der Waals surface area contributed by atoms with Gasteiger partial charge in [0.05, 0.1) is 6.20 Å². The minimum absolute atomic E-state index is 0.870. The van der Waals surface area contributed by atoms with Crippen LogP contribution in [0, 0.1) is 0 Å². The summed E-state index contributed by atoms with van der Waals surface area (Å²) < 4.78 is 6.25. The molecule has 3 nitrogen and oxygen atoms in total. The van der Waals surface area contributed by atoms with E-state index in [9.17, 15) is 0 Å². The number of rotatable bonds is 3. The van der Waals surface area contributed by atoms with Crippen molar-refractivity contribution in [2.24, 2.45) is 0 Å². The molecule has 3 aromatic heterocycles. The van der Waals surface area contributed by atoms with E-state index in [1.54, 1.807) is 11.3 Å². The number of imidazole rings is 1. The Morgan fingerprint density at radius 1 is 1.31 bits per heavy atom. The maximum absolute atomic E-state index is 4.37. The van der Waals surface area contributed by atoms with Crippen molar-refractivity contribution in [3.8, 4) is 11.4 Å². The molecular weight excluding hydrogens is 238 g/mol. The van der Waals surface area contributed by atoms with Gasteiger partial charge in [0, 0.05) is 29.9 Å². The summed E-state index contributed by atoms with van der Waals surface area (Å²) in [6, 6.07) is 2.14. The van der Waals surface area contributed by atoms with E-state index >= 15 is 0 Å². The van der Waals surface area contributed by atoms with Crippen molar-refractivity contribution in [2.45, 2.75) is 6.54 Å². The third kappa shape index (κ3) is 1.79. The van der Waals surface area contributed by atoms with E-state index in [1.165, 1.54) is 17.1 Å². The Bertz CT molecular complexity index is 552. The first-order chi connectivity index (χ1) is 7.93. The molecule has 16 heavy (non-hydrogen) atoms. The van der Waals surface area contributed by atoms with Gasteiger partial charge in [0.25, 0.3) is 0 Å². The van der Waals surface area contributed by atoms with Crippen molar-refractivity contribution < 1.29 is 0 Å². The minimum atomic E-state index is 0.870. The van der Waals surface area contributed by atoms with Crippen LogP contribution >= 0.6 is 22.9 Å². The van der Waals surface area contributed by atoms with E-state index in [2.05, 4.69) is 30.8 Å². The highest BCUT2D eigenvalue weighted by Crippen LogP contribution is 2.19. The second-order valence-corrected chi connectivity index (χ2v) is 4.86. The van der Waals surface area contributed by atoms with E-state index in [0.717, 1.165) is 17.9 Å². The van der Waals surface area contributed by atoms with Gasteiger partial charge < -0.3 is 4.57 Å². The second kappa shape index (κ2) is 4.19. The highest BCUT2D eigenvalue weighted by atomic mass is 32.1. The van der Waals surface area contributed by atoms with Crippen LogP contribution < -0.4 is 0 Å². The van der Waals surface area contributed by atoms with Gasteiger partial charge in [0.1, 0.15) is 5.82 Å². The number of thiophene rings is 1. The summed E-state index contributed by atoms with van der Waals surface area (Å²) in [5, 5.41) is 6.28.